The minimum absolute atomic E-state index is 0.132. The molecule has 4 N–H and O–H groups in total. The van der Waals surface area contributed by atoms with E-state index in [9.17, 15) is 24.2 Å². The molecule has 32 heavy (non-hydrogen) atoms. The van der Waals surface area contributed by atoms with Crippen molar-refractivity contribution >= 4 is 40.6 Å². The Morgan fingerprint density at radius 1 is 0.969 bits per heavy atom. The van der Waals surface area contributed by atoms with Gasteiger partial charge in [0.1, 0.15) is 10.8 Å². The van der Waals surface area contributed by atoms with Crippen LogP contribution in [-0.4, -0.2) is 34.5 Å². The van der Waals surface area contributed by atoms with Gasteiger partial charge in [0, 0.05) is 5.69 Å². The number of Topliss-reactive ketones (excluding diaryl/α,β-unsaturated/α-hetero) is 1. The summed E-state index contributed by atoms with van der Waals surface area (Å²) in [5.41, 5.74) is 1.06. The molecule has 9 heteroatoms. The topological polar surface area (TPSA) is 98.7 Å². The summed E-state index contributed by atoms with van der Waals surface area (Å²) in [5, 5.41) is 24.7. The van der Waals surface area contributed by atoms with E-state index in [4.69, 9.17) is 23.2 Å². The smallest absolute Gasteiger partial charge is 0.255 e. The Morgan fingerprint density at radius 3 is 2.28 bits per heavy atom. The predicted octanol–water partition coefficient (Wildman–Crippen LogP) is 4.57. The molecular formula is C23H19Cl2FN2O4. The normalized spacial score (nSPS) is 11.6. The first-order chi connectivity index (χ1) is 15.3. The summed E-state index contributed by atoms with van der Waals surface area (Å²) < 4.78 is 13.1. The summed E-state index contributed by atoms with van der Waals surface area (Å²) in [6.07, 6.45) is 0.191. The Balaban J connectivity index is 1.80. The van der Waals surface area contributed by atoms with Crippen LogP contribution in [0.5, 0.6) is 11.5 Å². The highest BCUT2D eigenvalue weighted by Gasteiger charge is 2.25. The van der Waals surface area contributed by atoms with Crippen LogP contribution < -0.4 is 10.6 Å². The second kappa shape index (κ2) is 10.3. The van der Waals surface area contributed by atoms with Gasteiger partial charge in [0.2, 0.25) is 0 Å². The lowest BCUT2D eigenvalue weighted by Crippen LogP contribution is -2.44. The fourth-order valence-corrected chi connectivity index (χ4v) is 3.44. The monoisotopic (exact) mass is 476 g/mol. The van der Waals surface area contributed by atoms with E-state index in [1.165, 1.54) is 24.3 Å². The highest BCUT2D eigenvalue weighted by atomic mass is 35.5. The number of aromatic hydroxyl groups is 2. The fraction of sp³-hybridized carbons (Fsp3) is 0.130. The number of amides is 1. The number of ketones is 1. The van der Waals surface area contributed by atoms with Crippen LogP contribution in [0.2, 0.25) is 10.0 Å². The number of nitrogens with one attached hydrogen (secondary N) is 2. The van der Waals surface area contributed by atoms with Crippen LogP contribution in [0.4, 0.5) is 10.1 Å². The number of anilines is 1. The number of carbonyl (C=O) groups excluding carboxylic acids is 2. The molecule has 0 saturated heterocycles. The zero-order chi connectivity index (χ0) is 23.3. The number of hydrogen-bond acceptors (Lipinski definition) is 5. The quantitative estimate of drug-likeness (QED) is 0.381. The summed E-state index contributed by atoms with van der Waals surface area (Å²) in [6, 6.07) is 14.7. The zero-order valence-corrected chi connectivity index (χ0v) is 18.1. The molecule has 0 aliphatic heterocycles. The van der Waals surface area contributed by atoms with Crippen LogP contribution in [0.3, 0.4) is 0 Å². The first-order valence-corrected chi connectivity index (χ1v) is 10.3. The van der Waals surface area contributed by atoms with Crippen molar-refractivity contribution in [1.82, 2.24) is 5.32 Å². The molecule has 3 aromatic carbocycles. The Labute approximate surface area is 193 Å². The van der Waals surface area contributed by atoms with Gasteiger partial charge in [0.15, 0.2) is 17.3 Å². The molecule has 0 aromatic heterocycles. The molecular weight excluding hydrogens is 458 g/mol. The minimum atomic E-state index is -0.955. The summed E-state index contributed by atoms with van der Waals surface area (Å²) in [4.78, 5) is 25.7. The van der Waals surface area contributed by atoms with Gasteiger partial charge in [-0.15, -0.1) is 0 Å². The van der Waals surface area contributed by atoms with Gasteiger partial charge in [-0.05, 0) is 42.3 Å². The second-order valence-electron chi connectivity index (χ2n) is 6.96. The summed E-state index contributed by atoms with van der Waals surface area (Å²) in [5.74, 6) is -2.74. The van der Waals surface area contributed by atoms with Gasteiger partial charge < -0.3 is 20.8 Å². The molecule has 0 unspecified atom stereocenters. The molecule has 0 bridgehead atoms. The molecule has 6 nitrogen and oxygen atoms in total. The number of phenols is 2. The summed E-state index contributed by atoms with van der Waals surface area (Å²) in [7, 11) is 0. The van der Waals surface area contributed by atoms with Crippen molar-refractivity contribution in [2.75, 3.05) is 11.9 Å². The third kappa shape index (κ3) is 5.69. The van der Waals surface area contributed by atoms with E-state index in [0.29, 0.717) is 5.69 Å². The Bertz CT molecular complexity index is 1130. The number of rotatable bonds is 8. The lowest BCUT2D eigenvalue weighted by atomic mass is 10.0. The van der Waals surface area contributed by atoms with Crippen LogP contribution in [0.25, 0.3) is 0 Å². The van der Waals surface area contributed by atoms with Crippen LogP contribution in [0.15, 0.2) is 60.7 Å². The van der Waals surface area contributed by atoms with Gasteiger partial charge in [-0.1, -0.05) is 53.5 Å². The SMILES string of the molecule is O=C(N[C@@H](Cc1ccccc1)C(=O)CNc1ccc(F)cc1)c1cc(Cl)c(O)c(Cl)c1O. The first-order valence-electron chi connectivity index (χ1n) is 9.53. The van der Waals surface area contributed by atoms with E-state index in [2.05, 4.69) is 10.6 Å². The minimum Gasteiger partial charge on any atom is -0.505 e. The molecule has 0 radical (unpaired) electrons. The standard InChI is InChI=1S/C23H19Cl2FN2O4/c24-17-11-16(21(30)20(25)22(17)31)23(32)28-18(10-13-4-2-1-3-5-13)19(29)12-27-15-8-6-14(26)7-9-15/h1-9,11,18,27,30-31H,10,12H2,(H,28,32)/t18-/m0/s1. The molecule has 166 valence electrons. The van der Waals surface area contributed by atoms with Crippen molar-refractivity contribution in [3.8, 4) is 11.5 Å². The summed E-state index contributed by atoms with van der Waals surface area (Å²) in [6.45, 7) is -0.132. The number of phenolic OH excluding ortho intramolecular Hbond substituents is 2. The van der Waals surface area contributed by atoms with E-state index in [1.54, 1.807) is 12.1 Å². The maximum absolute atomic E-state index is 13.1. The zero-order valence-electron chi connectivity index (χ0n) is 16.6. The maximum atomic E-state index is 13.1. The summed E-state index contributed by atoms with van der Waals surface area (Å²) >= 11 is 11.7. The van der Waals surface area contributed by atoms with Gasteiger partial charge >= 0.3 is 0 Å². The Hall–Kier alpha value is -3.29. The van der Waals surface area contributed by atoms with Gasteiger partial charge in [-0.3, -0.25) is 9.59 Å². The molecule has 0 fully saturated rings. The molecule has 1 atom stereocenters. The average molecular weight is 477 g/mol. The number of hydrogen-bond donors (Lipinski definition) is 4. The van der Waals surface area contributed by atoms with Crippen LogP contribution in [0.1, 0.15) is 15.9 Å². The van der Waals surface area contributed by atoms with E-state index >= 15 is 0 Å². The highest BCUT2D eigenvalue weighted by Crippen LogP contribution is 2.40. The third-order valence-corrected chi connectivity index (χ3v) is 5.35. The van der Waals surface area contributed by atoms with Crippen molar-refractivity contribution < 1.29 is 24.2 Å². The van der Waals surface area contributed by atoms with Gasteiger partial charge in [0.05, 0.1) is 23.2 Å². The van der Waals surface area contributed by atoms with Crippen molar-refractivity contribution in [3.05, 3.63) is 87.7 Å². The molecule has 0 saturated carbocycles. The van der Waals surface area contributed by atoms with Gasteiger partial charge in [-0.2, -0.15) is 0 Å². The van der Waals surface area contributed by atoms with Crippen molar-refractivity contribution in [2.24, 2.45) is 0 Å². The number of halogens is 3. The van der Waals surface area contributed by atoms with Crippen LogP contribution in [0, 0.1) is 5.82 Å². The van der Waals surface area contributed by atoms with E-state index in [-0.39, 0.29) is 29.3 Å². The number of benzene rings is 3. The molecule has 0 heterocycles. The molecule has 3 aromatic rings. The van der Waals surface area contributed by atoms with E-state index in [1.807, 2.05) is 18.2 Å². The van der Waals surface area contributed by atoms with Crippen LogP contribution >= 0.6 is 23.2 Å². The Kier molecular flexibility index (Phi) is 7.56. The molecule has 0 spiro atoms. The molecule has 3 rings (SSSR count). The van der Waals surface area contributed by atoms with Crippen LogP contribution in [-0.2, 0) is 11.2 Å². The molecule has 0 aliphatic carbocycles. The number of carbonyl (C=O) groups is 2. The van der Waals surface area contributed by atoms with Crippen molar-refractivity contribution in [3.63, 3.8) is 0 Å². The van der Waals surface area contributed by atoms with Gasteiger partial charge in [0.25, 0.3) is 5.91 Å². The largest absolute Gasteiger partial charge is 0.505 e. The molecule has 1 amide bonds. The van der Waals surface area contributed by atoms with Crippen molar-refractivity contribution in [1.29, 1.82) is 0 Å². The average Bonchev–Trinajstić information content (AvgIpc) is 2.79. The van der Waals surface area contributed by atoms with E-state index < -0.39 is 34.3 Å². The molecule has 0 aliphatic rings. The lowest BCUT2D eigenvalue weighted by Gasteiger charge is -2.19. The fourth-order valence-electron chi connectivity index (χ4n) is 2.98. The van der Waals surface area contributed by atoms with Crippen molar-refractivity contribution in [2.45, 2.75) is 12.5 Å². The second-order valence-corrected chi connectivity index (χ2v) is 7.74. The third-order valence-electron chi connectivity index (χ3n) is 4.70. The predicted molar refractivity (Wildman–Crippen MR) is 121 cm³/mol. The lowest BCUT2D eigenvalue weighted by molar-refractivity contribution is -0.119. The first kappa shape index (κ1) is 23.4. The Morgan fingerprint density at radius 2 is 1.62 bits per heavy atom. The highest BCUT2D eigenvalue weighted by molar-refractivity contribution is 6.38. The van der Waals surface area contributed by atoms with Gasteiger partial charge in [-0.25, -0.2) is 4.39 Å². The maximum Gasteiger partial charge on any atom is 0.255 e. The van der Waals surface area contributed by atoms with E-state index in [0.717, 1.165) is 11.6 Å².